The van der Waals surface area contributed by atoms with E-state index < -0.39 is 18.2 Å². The summed E-state index contributed by atoms with van der Waals surface area (Å²) in [6.07, 6.45) is 0.454. The lowest BCUT2D eigenvalue weighted by Gasteiger charge is -2.05. The Kier molecular flexibility index (Phi) is 3.70. The number of hydrogen-bond acceptors (Lipinski definition) is 5. The Bertz CT molecular complexity index is 653. The van der Waals surface area contributed by atoms with E-state index in [9.17, 15) is 4.79 Å². The summed E-state index contributed by atoms with van der Waals surface area (Å²) < 4.78 is 10.6. The van der Waals surface area contributed by atoms with E-state index in [-0.39, 0.29) is 0 Å². The van der Waals surface area contributed by atoms with Crippen molar-refractivity contribution in [2.45, 2.75) is 38.4 Å². The van der Waals surface area contributed by atoms with Gasteiger partial charge in [-0.2, -0.15) is 4.98 Å². The number of rotatable bonds is 4. The lowest BCUT2D eigenvalue weighted by atomic mass is 10.1. The van der Waals surface area contributed by atoms with Crippen LogP contribution in [0.3, 0.4) is 0 Å². The van der Waals surface area contributed by atoms with Gasteiger partial charge in [0.25, 0.3) is 5.89 Å². The number of carboxylic acids is 1. The first-order valence-corrected chi connectivity index (χ1v) is 6.88. The van der Waals surface area contributed by atoms with Gasteiger partial charge < -0.3 is 14.4 Å². The van der Waals surface area contributed by atoms with Gasteiger partial charge in [-0.3, -0.25) is 0 Å². The van der Waals surface area contributed by atoms with Crippen molar-refractivity contribution >= 4 is 5.97 Å². The molecule has 0 amide bonds. The number of hydrogen-bond donors (Lipinski definition) is 1. The van der Waals surface area contributed by atoms with E-state index in [0.717, 1.165) is 5.56 Å². The Labute approximate surface area is 121 Å². The van der Waals surface area contributed by atoms with Gasteiger partial charge in [-0.25, -0.2) is 4.79 Å². The van der Waals surface area contributed by atoms with Crippen LogP contribution in [-0.2, 0) is 16.0 Å². The Morgan fingerprint density at radius 1 is 1.38 bits per heavy atom. The van der Waals surface area contributed by atoms with Crippen molar-refractivity contribution < 1.29 is 19.2 Å². The first-order valence-electron chi connectivity index (χ1n) is 6.88. The van der Waals surface area contributed by atoms with Gasteiger partial charge in [-0.15, -0.1) is 0 Å². The summed E-state index contributed by atoms with van der Waals surface area (Å²) in [5.41, 5.74) is 2.31. The molecule has 1 aliphatic heterocycles. The molecule has 0 spiro atoms. The predicted molar refractivity (Wildman–Crippen MR) is 72.8 cm³/mol. The van der Waals surface area contributed by atoms with Crippen LogP contribution >= 0.6 is 0 Å². The molecule has 6 heteroatoms. The van der Waals surface area contributed by atoms with Gasteiger partial charge in [-0.1, -0.05) is 29.4 Å². The summed E-state index contributed by atoms with van der Waals surface area (Å²) in [6.45, 7) is 2.04. The molecule has 1 fully saturated rings. The van der Waals surface area contributed by atoms with Crippen LogP contribution in [0.15, 0.2) is 28.8 Å². The first-order chi connectivity index (χ1) is 10.1. The summed E-state index contributed by atoms with van der Waals surface area (Å²) in [5.74, 6) is 0.00107. The average molecular weight is 288 g/mol. The molecular formula is C15H16N2O4. The molecule has 2 atom stereocenters. The summed E-state index contributed by atoms with van der Waals surface area (Å²) in [5, 5.41) is 12.9. The van der Waals surface area contributed by atoms with Crippen molar-refractivity contribution in [3.05, 3.63) is 47.1 Å². The van der Waals surface area contributed by atoms with Crippen molar-refractivity contribution in [3.63, 3.8) is 0 Å². The van der Waals surface area contributed by atoms with Crippen molar-refractivity contribution in [3.8, 4) is 0 Å². The monoisotopic (exact) mass is 288 g/mol. The molecule has 21 heavy (non-hydrogen) atoms. The zero-order valence-electron chi connectivity index (χ0n) is 11.7. The second kappa shape index (κ2) is 5.65. The van der Waals surface area contributed by atoms with Crippen LogP contribution in [0.4, 0.5) is 0 Å². The van der Waals surface area contributed by atoms with E-state index in [1.165, 1.54) is 5.56 Å². The fourth-order valence-electron chi connectivity index (χ4n) is 2.45. The third-order valence-corrected chi connectivity index (χ3v) is 3.66. The molecule has 1 saturated heterocycles. The summed E-state index contributed by atoms with van der Waals surface area (Å²) in [6, 6.07) is 8.02. The number of ether oxygens (including phenoxy) is 1. The van der Waals surface area contributed by atoms with Crippen molar-refractivity contribution in [1.29, 1.82) is 0 Å². The van der Waals surface area contributed by atoms with Crippen LogP contribution in [-0.4, -0.2) is 27.3 Å². The molecule has 0 aliphatic carbocycles. The van der Waals surface area contributed by atoms with Gasteiger partial charge in [0.2, 0.25) is 0 Å². The number of nitrogens with zero attached hydrogens (tertiary/aromatic N) is 2. The van der Waals surface area contributed by atoms with Gasteiger partial charge in [-0.05, 0) is 30.9 Å². The molecule has 2 unspecified atom stereocenters. The predicted octanol–water partition coefficient (Wildman–Crippen LogP) is 2.27. The molecule has 1 aliphatic rings. The highest BCUT2D eigenvalue weighted by Crippen LogP contribution is 2.31. The van der Waals surface area contributed by atoms with Crippen LogP contribution in [0.25, 0.3) is 0 Å². The van der Waals surface area contributed by atoms with E-state index in [1.807, 2.05) is 31.2 Å². The van der Waals surface area contributed by atoms with Gasteiger partial charge in [0.05, 0.1) is 0 Å². The van der Waals surface area contributed by atoms with E-state index >= 15 is 0 Å². The molecule has 1 N–H and O–H groups in total. The molecule has 0 bridgehead atoms. The fraction of sp³-hybridized carbons (Fsp3) is 0.400. The lowest BCUT2D eigenvalue weighted by molar-refractivity contribution is -0.150. The lowest BCUT2D eigenvalue weighted by Crippen LogP contribution is -2.18. The number of aliphatic carboxylic acids is 1. The van der Waals surface area contributed by atoms with Gasteiger partial charge >= 0.3 is 5.97 Å². The minimum Gasteiger partial charge on any atom is -0.479 e. The topological polar surface area (TPSA) is 85.5 Å². The van der Waals surface area contributed by atoms with Gasteiger partial charge in [0.15, 0.2) is 11.9 Å². The van der Waals surface area contributed by atoms with Gasteiger partial charge in [0, 0.05) is 6.42 Å². The van der Waals surface area contributed by atoms with Crippen LogP contribution < -0.4 is 0 Å². The molecule has 2 aromatic rings. The fourth-order valence-corrected chi connectivity index (χ4v) is 2.45. The normalized spacial score (nSPS) is 21.6. The van der Waals surface area contributed by atoms with E-state index in [4.69, 9.17) is 14.4 Å². The maximum absolute atomic E-state index is 10.9. The molecule has 0 saturated carbocycles. The SMILES string of the molecule is Cc1ccccc1Cc1noc(C2CCC(C(=O)O)O2)n1. The Morgan fingerprint density at radius 3 is 2.90 bits per heavy atom. The molecule has 0 radical (unpaired) electrons. The van der Waals surface area contributed by atoms with Crippen molar-refractivity contribution in [1.82, 2.24) is 10.1 Å². The summed E-state index contributed by atoms with van der Waals surface area (Å²) >= 11 is 0. The standard InChI is InChI=1S/C15H16N2O4/c1-9-4-2-3-5-10(9)8-13-16-14(21-17-13)11-6-7-12(20-11)15(18)19/h2-5,11-12H,6-8H2,1H3,(H,18,19). The summed E-state index contributed by atoms with van der Waals surface area (Å²) in [7, 11) is 0. The third kappa shape index (κ3) is 2.95. The Hall–Kier alpha value is -2.21. The zero-order chi connectivity index (χ0) is 14.8. The molecule has 1 aromatic heterocycles. The molecule has 1 aromatic carbocycles. The van der Waals surface area contributed by atoms with Crippen molar-refractivity contribution in [2.75, 3.05) is 0 Å². The molecule has 6 nitrogen and oxygen atoms in total. The molecular weight excluding hydrogens is 272 g/mol. The number of aromatic nitrogens is 2. The van der Waals surface area contributed by atoms with Crippen LogP contribution in [0, 0.1) is 6.92 Å². The van der Waals surface area contributed by atoms with Crippen molar-refractivity contribution in [2.24, 2.45) is 0 Å². The number of aryl methyl sites for hydroxylation is 1. The largest absolute Gasteiger partial charge is 0.479 e. The quantitative estimate of drug-likeness (QED) is 0.929. The maximum Gasteiger partial charge on any atom is 0.332 e. The highest BCUT2D eigenvalue weighted by molar-refractivity contribution is 5.72. The highest BCUT2D eigenvalue weighted by atomic mass is 16.5. The second-order valence-electron chi connectivity index (χ2n) is 5.18. The number of benzene rings is 1. The van der Waals surface area contributed by atoms with Crippen LogP contribution in [0.2, 0.25) is 0 Å². The Balaban J connectivity index is 1.70. The van der Waals surface area contributed by atoms with Crippen LogP contribution in [0.1, 0.15) is 41.8 Å². The smallest absolute Gasteiger partial charge is 0.332 e. The number of carboxylic acid groups (broad SMARTS) is 1. The molecule has 2 heterocycles. The second-order valence-corrected chi connectivity index (χ2v) is 5.18. The Morgan fingerprint density at radius 2 is 2.19 bits per heavy atom. The average Bonchev–Trinajstić information content (AvgIpc) is 3.10. The third-order valence-electron chi connectivity index (χ3n) is 3.66. The van der Waals surface area contributed by atoms with E-state index in [2.05, 4.69) is 10.1 Å². The molecule has 3 rings (SSSR count). The van der Waals surface area contributed by atoms with Gasteiger partial charge in [0.1, 0.15) is 6.10 Å². The minimum atomic E-state index is -0.947. The first kappa shape index (κ1) is 13.8. The highest BCUT2D eigenvalue weighted by Gasteiger charge is 2.34. The minimum absolute atomic E-state index is 0.363. The van der Waals surface area contributed by atoms with E-state index in [1.54, 1.807) is 0 Å². The number of carbonyl (C=O) groups is 1. The molecule has 110 valence electrons. The zero-order valence-corrected chi connectivity index (χ0v) is 11.7. The van der Waals surface area contributed by atoms with Crippen LogP contribution in [0.5, 0.6) is 0 Å². The maximum atomic E-state index is 10.9. The summed E-state index contributed by atoms with van der Waals surface area (Å²) in [4.78, 5) is 15.2. The van der Waals surface area contributed by atoms with E-state index in [0.29, 0.717) is 31.0 Å².